The third kappa shape index (κ3) is 2.83. The lowest BCUT2D eigenvalue weighted by Crippen LogP contribution is -2.09. The van der Waals surface area contributed by atoms with Crippen molar-refractivity contribution in [1.82, 2.24) is 0 Å². The molecule has 3 nitrogen and oxygen atoms in total. The van der Waals surface area contributed by atoms with Crippen molar-refractivity contribution in [2.75, 3.05) is 10.6 Å². The van der Waals surface area contributed by atoms with E-state index in [4.69, 9.17) is 11.6 Å². The minimum absolute atomic E-state index is 0.720. The molecule has 2 aromatic rings. The highest BCUT2D eigenvalue weighted by Gasteiger charge is 2.08. The molecule has 1 aliphatic heterocycles. The fourth-order valence-electron chi connectivity index (χ4n) is 2.04. The number of nitrogens with one attached hydrogen (secondary N) is 2. The second-order valence-corrected chi connectivity index (χ2v) is 5.03. The zero-order valence-electron chi connectivity index (χ0n) is 11.0. The third-order valence-corrected chi connectivity index (χ3v) is 3.20. The molecular weight excluding hydrogens is 270 g/mol. The fraction of sp³-hybridized carbons (Fsp3) is 0.0625. The molecule has 1 heterocycles. The Kier molecular flexibility index (Phi) is 3.44. The highest BCUT2D eigenvalue weighted by atomic mass is 35.5. The number of anilines is 2. The summed E-state index contributed by atoms with van der Waals surface area (Å²) in [6.07, 6.45) is 1.98. The molecule has 0 aromatic heterocycles. The summed E-state index contributed by atoms with van der Waals surface area (Å²) in [5.41, 5.74) is 3.91. The van der Waals surface area contributed by atoms with Gasteiger partial charge in [0.2, 0.25) is 0 Å². The number of nitrogens with zero attached hydrogens (tertiary/aromatic N) is 1. The van der Waals surface area contributed by atoms with E-state index in [-0.39, 0.29) is 0 Å². The highest BCUT2D eigenvalue weighted by Crippen LogP contribution is 2.28. The van der Waals surface area contributed by atoms with Crippen molar-refractivity contribution in [3.63, 3.8) is 0 Å². The molecule has 0 saturated carbocycles. The van der Waals surface area contributed by atoms with Gasteiger partial charge in [0.25, 0.3) is 0 Å². The maximum atomic E-state index is 5.89. The van der Waals surface area contributed by atoms with Gasteiger partial charge in [-0.1, -0.05) is 23.7 Å². The number of benzene rings is 2. The molecular formula is C16H14ClN3. The summed E-state index contributed by atoms with van der Waals surface area (Å²) in [7, 11) is 0. The van der Waals surface area contributed by atoms with Crippen LogP contribution in [0.1, 0.15) is 6.92 Å². The van der Waals surface area contributed by atoms with Crippen LogP contribution in [0.3, 0.4) is 0 Å². The van der Waals surface area contributed by atoms with E-state index >= 15 is 0 Å². The van der Waals surface area contributed by atoms with Crippen LogP contribution in [-0.2, 0) is 0 Å². The van der Waals surface area contributed by atoms with Crippen LogP contribution in [0.2, 0.25) is 5.02 Å². The van der Waals surface area contributed by atoms with E-state index in [1.165, 1.54) is 0 Å². The molecule has 4 heteroatoms. The van der Waals surface area contributed by atoms with E-state index in [9.17, 15) is 0 Å². The molecule has 2 aromatic carbocycles. The first-order valence-electron chi connectivity index (χ1n) is 6.36. The lowest BCUT2D eigenvalue weighted by atomic mass is 10.2. The first-order chi connectivity index (χ1) is 9.70. The van der Waals surface area contributed by atoms with Crippen LogP contribution < -0.4 is 10.6 Å². The summed E-state index contributed by atoms with van der Waals surface area (Å²) in [5.74, 6) is 0.794. The molecule has 20 heavy (non-hydrogen) atoms. The molecule has 1 aliphatic rings. The van der Waals surface area contributed by atoms with E-state index in [1.807, 2.05) is 61.5 Å². The van der Waals surface area contributed by atoms with Crippen LogP contribution in [0, 0.1) is 0 Å². The zero-order chi connectivity index (χ0) is 13.9. The standard InChI is InChI=1S/C16H14ClN3/c1-11-10-16(19-13-8-6-12(17)7-9-13)20-15-5-3-2-4-14(15)18-11/h2-10,18H,1H3,(H,19,20). The van der Waals surface area contributed by atoms with Gasteiger partial charge in [0.15, 0.2) is 0 Å². The van der Waals surface area contributed by atoms with Gasteiger partial charge in [-0.2, -0.15) is 0 Å². The lowest BCUT2D eigenvalue weighted by Gasteiger charge is -2.06. The van der Waals surface area contributed by atoms with Crippen molar-refractivity contribution in [3.05, 3.63) is 65.3 Å². The molecule has 0 atom stereocenters. The van der Waals surface area contributed by atoms with Crippen molar-refractivity contribution < 1.29 is 0 Å². The van der Waals surface area contributed by atoms with Crippen LogP contribution in [0.4, 0.5) is 17.1 Å². The Morgan fingerprint density at radius 3 is 2.60 bits per heavy atom. The third-order valence-electron chi connectivity index (χ3n) is 2.95. The molecule has 0 bridgehead atoms. The molecule has 0 spiro atoms. The summed E-state index contributed by atoms with van der Waals surface area (Å²) in [6, 6.07) is 15.5. The number of halogens is 1. The number of para-hydroxylation sites is 2. The lowest BCUT2D eigenvalue weighted by molar-refractivity contribution is 1.39. The van der Waals surface area contributed by atoms with Gasteiger partial charge in [-0.3, -0.25) is 0 Å². The van der Waals surface area contributed by atoms with E-state index in [1.54, 1.807) is 0 Å². The number of amidine groups is 1. The Balaban J connectivity index is 1.94. The predicted molar refractivity (Wildman–Crippen MR) is 86.0 cm³/mol. The molecule has 0 saturated heterocycles. The monoisotopic (exact) mass is 283 g/mol. The first kappa shape index (κ1) is 12.8. The number of fused-ring (bicyclic) bond motifs is 1. The zero-order valence-corrected chi connectivity index (χ0v) is 11.8. The smallest absolute Gasteiger partial charge is 0.132 e. The van der Waals surface area contributed by atoms with Gasteiger partial charge in [-0.15, -0.1) is 0 Å². The van der Waals surface area contributed by atoms with Crippen molar-refractivity contribution in [2.24, 2.45) is 4.99 Å². The van der Waals surface area contributed by atoms with Gasteiger partial charge in [-0.05, 0) is 49.4 Å². The largest absolute Gasteiger partial charge is 0.357 e. The van der Waals surface area contributed by atoms with E-state index < -0.39 is 0 Å². The summed E-state index contributed by atoms with van der Waals surface area (Å²) < 4.78 is 0. The molecule has 100 valence electrons. The van der Waals surface area contributed by atoms with Gasteiger partial charge in [0.05, 0.1) is 11.4 Å². The average Bonchev–Trinajstić information content (AvgIpc) is 2.58. The normalized spacial score (nSPS) is 13.5. The van der Waals surface area contributed by atoms with Gasteiger partial charge in [-0.25, -0.2) is 4.99 Å². The molecule has 0 aliphatic carbocycles. The Labute approximate surface area is 123 Å². The minimum atomic E-state index is 0.720. The number of aliphatic imine (C=N–C) groups is 1. The van der Waals surface area contributed by atoms with E-state index in [0.29, 0.717) is 0 Å². The Morgan fingerprint density at radius 2 is 1.80 bits per heavy atom. The Hall–Kier alpha value is -2.26. The first-order valence-corrected chi connectivity index (χ1v) is 6.74. The summed E-state index contributed by atoms with van der Waals surface area (Å²) in [5, 5.41) is 7.35. The Morgan fingerprint density at radius 1 is 1.05 bits per heavy atom. The molecule has 0 fully saturated rings. The molecule has 0 unspecified atom stereocenters. The van der Waals surface area contributed by atoms with E-state index in [2.05, 4.69) is 15.6 Å². The van der Waals surface area contributed by atoms with Crippen LogP contribution >= 0.6 is 11.6 Å². The summed E-state index contributed by atoms with van der Waals surface area (Å²) >= 11 is 5.89. The van der Waals surface area contributed by atoms with Gasteiger partial charge in [0.1, 0.15) is 5.84 Å². The van der Waals surface area contributed by atoms with Crippen LogP contribution in [0.5, 0.6) is 0 Å². The fourth-order valence-corrected chi connectivity index (χ4v) is 2.16. The molecule has 3 rings (SSSR count). The molecule has 0 radical (unpaired) electrons. The van der Waals surface area contributed by atoms with Crippen molar-refractivity contribution in [3.8, 4) is 0 Å². The predicted octanol–water partition coefficient (Wildman–Crippen LogP) is 4.81. The van der Waals surface area contributed by atoms with Crippen LogP contribution in [0.25, 0.3) is 0 Å². The molecule has 0 amide bonds. The van der Waals surface area contributed by atoms with Crippen molar-refractivity contribution >= 4 is 34.5 Å². The SMILES string of the molecule is CC1=CC(Nc2ccc(Cl)cc2)=Nc2ccccc2N1. The van der Waals surface area contributed by atoms with Crippen LogP contribution in [0.15, 0.2) is 65.3 Å². The summed E-state index contributed by atoms with van der Waals surface area (Å²) in [6.45, 7) is 2.02. The van der Waals surface area contributed by atoms with E-state index in [0.717, 1.165) is 33.6 Å². The van der Waals surface area contributed by atoms with Crippen LogP contribution in [-0.4, -0.2) is 5.84 Å². The maximum Gasteiger partial charge on any atom is 0.132 e. The number of hydrogen-bond acceptors (Lipinski definition) is 3. The maximum absolute atomic E-state index is 5.89. The number of allylic oxidation sites excluding steroid dienone is 1. The van der Waals surface area contributed by atoms with Gasteiger partial charge >= 0.3 is 0 Å². The second kappa shape index (κ2) is 5.39. The minimum Gasteiger partial charge on any atom is -0.357 e. The Bertz CT molecular complexity index is 687. The van der Waals surface area contributed by atoms with Crippen molar-refractivity contribution in [1.29, 1.82) is 0 Å². The highest BCUT2D eigenvalue weighted by molar-refractivity contribution is 6.30. The average molecular weight is 284 g/mol. The van der Waals surface area contributed by atoms with Crippen molar-refractivity contribution in [2.45, 2.75) is 6.92 Å². The van der Waals surface area contributed by atoms with Gasteiger partial charge < -0.3 is 10.6 Å². The van der Waals surface area contributed by atoms with Gasteiger partial charge in [0, 0.05) is 16.4 Å². The number of rotatable bonds is 1. The molecule has 2 N–H and O–H groups in total. The topological polar surface area (TPSA) is 36.4 Å². The summed E-state index contributed by atoms with van der Waals surface area (Å²) in [4.78, 5) is 4.64. The number of hydrogen-bond donors (Lipinski definition) is 2. The second-order valence-electron chi connectivity index (χ2n) is 4.60. The quantitative estimate of drug-likeness (QED) is 0.788.